The molecule has 41 heavy (non-hydrogen) atoms. The van der Waals surface area contributed by atoms with E-state index >= 15 is 0 Å². The van der Waals surface area contributed by atoms with E-state index in [2.05, 4.69) is 10.3 Å². The number of aldehydes is 1. The summed E-state index contributed by atoms with van der Waals surface area (Å²) in [5.74, 6) is -4.35. The topological polar surface area (TPSA) is 303 Å². The van der Waals surface area contributed by atoms with Crippen LogP contribution in [-0.2, 0) is 32.7 Å². The summed E-state index contributed by atoms with van der Waals surface area (Å²) in [5, 5.41) is 63.0. The monoisotopic (exact) mass is 632 g/mol. The molecule has 0 aliphatic carbocycles. The molecular formula is C20H30ClN4O15P. The van der Waals surface area contributed by atoms with Crippen molar-refractivity contribution in [2.45, 2.75) is 67.2 Å². The number of nitrogen functional groups attached to an aromatic ring is 1. The molecule has 0 aromatic carbocycles. The van der Waals surface area contributed by atoms with Crippen molar-refractivity contribution in [3.8, 4) is 0 Å². The van der Waals surface area contributed by atoms with E-state index in [0.29, 0.717) is 0 Å². The SMILES string of the molecule is Nc1ccn(C2OC(COP(=O)(O)O[C@@]3(C=O)C[C@H](O)[C@@H](NC(=O)CCl)C([C@H](O)C(O)CO)O3)[C@@H](O)[C@H]2O)c(=O)n1. The number of halogens is 1. The molecule has 2 aliphatic heterocycles. The predicted octanol–water partition coefficient (Wildman–Crippen LogP) is -4.94. The van der Waals surface area contributed by atoms with Crippen LogP contribution in [0.4, 0.5) is 5.82 Å². The van der Waals surface area contributed by atoms with Crippen molar-refractivity contribution in [1.29, 1.82) is 0 Å². The highest BCUT2D eigenvalue weighted by Gasteiger charge is 2.55. The van der Waals surface area contributed by atoms with E-state index in [1.807, 2.05) is 0 Å². The molecule has 3 rings (SSSR count). The zero-order chi connectivity index (χ0) is 30.7. The molecule has 0 bridgehead atoms. The van der Waals surface area contributed by atoms with Gasteiger partial charge in [-0.3, -0.25) is 18.7 Å². The number of carbonyl (C=O) groups excluding carboxylic acids is 2. The minimum atomic E-state index is -5.36. The smallest absolute Gasteiger partial charge is 0.394 e. The van der Waals surface area contributed by atoms with E-state index < -0.39 is 106 Å². The minimum Gasteiger partial charge on any atom is -0.394 e. The Balaban J connectivity index is 1.75. The summed E-state index contributed by atoms with van der Waals surface area (Å²) >= 11 is 5.45. The van der Waals surface area contributed by atoms with Gasteiger partial charge in [0.15, 0.2) is 12.5 Å². The Morgan fingerprint density at radius 3 is 2.63 bits per heavy atom. The fraction of sp³-hybridized carbons (Fsp3) is 0.700. The molecule has 0 radical (unpaired) electrons. The Morgan fingerprint density at radius 2 is 2.05 bits per heavy atom. The molecule has 1 aromatic heterocycles. The number of aromatic nitrogens is 2. The van der Waals surface area contributed by atoms with Crippen molar-refractivity contribution in [1.82, 2.24) is 14.9 Å². The van der Waals surface area contributed by atoms with Crippen molar-refractivity contribution >= 4 is 37.4 Å². The van der Waals surface area contributed by atoms with Gasteiger partial charge in [-0.05, 0) is 6.07 Å². The molecule has 3 heterocycles. The summed E-state index contributed by atoms with van der Waals surface area (Å²) in [7, 11) is -5.36. The van der Waals surface area contributed by atoms with Crippen LogP contribution in [0.2, 0.25) is 0 Å². The average molecular weight is 633 g/mol. The third-order valence-corrected chi connectivity index (χ3v) is 7.54. The van der Waals surface area contributed by atoms with Gasteiger partial charge in [0.2, 0.25) is 11.7 Å². The Labute approximate surface area is 235 Å². The summed E-state index contributed by atoms with van der Waals surface area (Å²) < 4.78 is 34.1. The van der Waals surface area contributed by atoms with Crippen molar-refractivity contribution in [2.24, 2.45) is 0 Å². The first-order valence-electron chi connectivity index (χ1n) is 11.9. The van der Waals surface area contributed by atoms with Crippen LogP contribution >= 0.6 is 19.4 Å². The van der Waals surface area contributed by atoms with Gasteiger partial charge >= 0.3 is 13.5 Å². The first kappa shape index (κ1) is 33.4. The van der Waals surface area contributed by atoms with E-state index in [9.17, 15) is 54.5 Å². The Hall–Kier alpha value is -2.10. The summed E-state index contributed by atoms with van der Waals surface area (Å²) in [4.78, 5) is 49.7. The number of rotatable bonds is 12. The molecule has 10 N–H and O–H groups in total. The van der Waals surface area contributed by atoms with Crippen LogP contribution in [-0.4, -0.2) is 131 Å². The van der Waals surface area contributed by atoms with Gasteiger partial charge < -0.3 is 56.1 Å². The molecule has 232 valence electrons. The van der Waals surface area contributed by atoms with Gasteiger partial charge in [-0.1, -0.05) is 0 Å². The Bertz CT molecular complexity index is 1190. The molecular weight excluding hydrogens is 603 g/mol. The standard InChI is InChI=1S/C20H30ClN4O15P/c21-4-12(30)24-13-8(28)3-20(7-27,39-17(13)14(31)9(29)5-26)40-41(35,36)37-6-10-15(32)16(33)18(38-10)25-2-1-11(22)23-19(25)34/h1-2,7-10,13-18,26,28-29,31-33H,3-6H2,(H,24,30)(H,35,36)(H2,22,23,34)/t8-,9?,10?,13+,14+,15+,16+,17?,18?,20+/m0/s1. The fourth-order valence-corrected chi connectivity index (χ4v) is 5.28. The van der Waals surface area contributed by atoms with Crippen LogP contribution in [0.25, 0.3) is 0 Å². The third kappa shape index (κ3) is 7.65. The van der Waals surface area contributed by atoms with E-state index in [1.54, 1.807) is 0 Å². The van der Waals surface area contributed by atoms with Gasteiger partial charge in [-0.15, -0.1) is 11.6 Å². The summed E-state index contributed by atoms with van der Waals surface area (Å²) in [6.45, 7) is -1.96. The van der Waals surface area contributed by atoms with E-state index in [0.717, 1.165) is 10.8 Å². The molecule has 2 saturated heterocycles. The average Bonchev–Trinajstić information content (AvgIpc) is 3.20. The number of aliphatic hydroxyl groups is 6. The molecule has 21 heteroatoms. The molecule has 0 saturated carbocycles. The lowest BCUT2D eigenvalue weighted by atomic mass is 9.89. The van der Waals surface area contributed by atoms with Crippen molar-refractivity contribution < 1.29 is 68.2 Å². The number of hydrogen-bond acceptors (Lipinski definition) is 16. The lowest BCUT2D eigenvalue weighted by molar-refractivity contribution is -0.274. The van der Waals surface area contributed by atoms with Crippen molar-refractivity contribution in [2.75, 3.05) is 24.8 Å². The molecule has 1 amide bonds. The zero-order valence-electron chi connectivity index (χ0n) is 21.0. The Kier molecular flexibility index (Phi) is 11.0. The molecule has 0 spiro atoms. The summed E-state index contributed by atoms with van der Waals surface area (Å²) in [6, 6.07) is -0.309. The maximum Gasteiger partial charge on any atom is 0.475 e. The number of anilines is 1. The highest BCUT2D eigenvalue weighted by Crippen LogP contribution is 2.50. The highest BCUT2D eigenvalue weighted by molar-refractivity contribution is 7.47. The van der Waals surface area contributed by atoms with Gasteiger partial charge in [-0.2, -0.15) is 4.98 Å². The largest absolute Gasteiger partial charge is 0.475 e. The second-order valence-electron chi connectivity index (χ2n) is 9.20. The number of nitrogens with one attached hydrogen (secondary N) is 1. The summed E-state index contributed by atoms with van der Waals surface area (Å²) in [6.07, 6.45) is -14.0. The van der Waals surface area contributed by atoms with E-state index in [4.69, 9.17) is 35.9 Å². The molecule has 11 atom stereocenters. The number of nitrogens with zero attached hydrogens (tertiary/aromatic N) is 2. The molecule has 2 fully saturated rings. The van der Waals surface area contributed by atoms with Crippen LogP contribution in [0, 0.1) is 0 Å². The molecule has 1 aromatic rings. The summed E-state index contributed by atoms with van der Waals surface area (Å²) in [5.41, 5.74) is 4.49. The van der Waals surface area contributed by atoms with Gasteiger partial charge in [0.1, 0.15) is 48.3 Å². The number of alkyl halides is 1. The van der Waals surface area contributed by atoms with Gasteiger partial charge in [-0.25, -0.2) is 13.9 Å². The number of aliphatic hydroxyl groups excluding tert-OH is 6. The predicted molar refractivity (Wildman–Crippen MR) is 132 cm³/mol. The molecule has 2 aliphatic rings. The number of nitrogens with two attached hydrogens (primary N) is 1. The van der Waals surface area contributed by atoms with Gasteiger partial charge in [0.25, 0.3) is 0 Å². The van der Waals surface area contributed by atoms with Gasteiger partial charge in [0.05, 0.1) is 25.4 Å². The van der Waals surface area contributed by atoms with Crippen LogP contribution in [0.3, 0.4) is 0 Å². The zero-order valence-corrected chi connectivity index (χ0v) is 22.6. The van der Waals surface area contributed by atoms with E-state index in [-0.39, 0.29) is 12.1 Å². The van der Waals surface area contributed by atoms with Crippen LogP contribution in [0.15, 0.2) is 17.1 Å². The first-order chi connectivity index (χ1) is 19.2. The lowest BCUT2D eigenvalue weighted by Gasteiger charge is -2.46. The number of ether oxygens (including phenoxy) is 2. The highest BCUT2D eigenvalue weighted by atomic mass is 35.5. The number of hydrogen-bond donors (Lipinski definition) is 9. The Morgan fingerprint density at radius 1 is 1.37 bits per heavy atom. The van der Waals surface area contributed by atoms with Crippen molar-refractivity contribution in [3.63, 3.8) is 0 Å². The number of amides is 1. The number of phosphoric acid groups is 1. The normalized spacial score (nSPS) is 34.9. The first-order valence-corrected chi connectivity index (χ1v) is 13.9. The minimum absolute atomic E-state index is 0.120. The third-order valence-electron chi connectivity index (χ3n) is 6.28. The quantitative estimate of drug-likeness (QED) is 0.0592. The maximum absolute atomic E-state index is 12.8. The number of phosphoric ester groups is 1. The second-order valence-corrected chi connectivity index (χ2v) is 10.8. The van der Waals surface area contributed by atoms with E-state index in [1.165, 1.54) is 6.07 Å². The molecule has 19 nitrogen and oxygen atoms in total. The van der Waals surface area contributed by atoms with Crippen molar-refractivity contribution in [3.05, 3.63) is 22.7 Å². The lowest BCUT2D eigenvalue weighted by Crippen LogP contribution is -2.66. The van der Waals surface area contributed by atoms with Gasteiger partial charge in [0, 0.05) is 12.6 Å². The number of carbonyl (C=O) groups is 2. The second kappa shape index (κ2) is 13.5. The fourth-order valence-electron chi connectivity index (χ4n) is 4.26. The van der Waals surface area contributed by atoms with Crippen LogP contribution in [0.1, 0.15) is 12.6 Å². The molecule has 5 unspecified atom stereocenters. The van der Waals surface area contributed by atoms with Crippen LogP contribution in [0.5, 0.6) is 0 Å². The van der Waals surface area contributed by atoms with Crippen LogP contribution < -0.4 is 16.7 Å². The maximum atomic E-state index is 12.8.